The minimum Gasteiger partial charge on any atom is -0.481 e. The van der Waals surface area contributed by atoms with E-state index in [4.69, 9.17) is 5.11 Å². The van der Waals surface area contributed by atoms with Crippen molar-refractivity contribution in [3.8, 4) is 0 Å². The molecule has 4 nitrogen and oxygen atoms in total. The highest BCUT2D eigenvalue weighted by atomic mass is 32.2. The van der Waals surface area contributed by atoms with E-state index in [9.17, 15) is 13.2 Å². The van der Waals surface area contributed by atoms with Crippen LogP contribution < -0.4 is 0 Å². The third kappa shape index (κ3) is 5.42. The number of carboxylic acid groups (broad SMARTS) is 1. The van der Waals surface area contributed by atoms with Crippen LogP contribution >= 0.6 is 0 Å². The Morgan fingerprint density at radius 2 is 1.74 bits per heavy atom. The standard InChI is InChI=1S/C14H20O4S/c1-2-3-4-5-10-19(17,18)13-8-6-12(7-9-13)11-14(15)16/h6-9H,2-5,10-11H2,1H3,(H,15,16). The fraction of sp³-hybridized carbons (Fsp3) is 0.500. The molecule has 0 spiro atoms. The summed E-state index contributed by atoms with van der Waals surface area (Å²) in [4.78, 5) is 10.8. The summed E-state index contributed by atoms with van der Waals surface area (Å²) in [5.74, 6) is -0.763. The molecule has 0 aliphatic rings. The zero-order valence-corrected chi connectivity index (χ0v) is 11.9. The van der Waals surface area contributed by atoms with E-state index >= 15 is 0 Å². The van der Waals surface area contributed by atoms with Gasteiger partial charge in [-0.15, -0.1) is 0 Å². The molecule has 19 heavy (non-hydrogen) atoms. The average molecular weight is 284 g/mol. The van der Waals surface area contributed by atoms with E-state index in [2.05, 4.69) is 6.92 Å². The molecule has 106 valence electrons. The van der Waals surface area contributed by atoms with Crippen molar-refractivity contribution in [2.24, 2.45) is 0 Å². The smallest absolute Gasteiger partial charge is 0.307 e. The van der Waals surface area contributed by atoms with Crippen molar-refractivity contribution in [1.82, 2.24) is 0 Å². The van der Waals surface area contributed by atoms with Crippen LogP contribution in [0, 0.1) is 0 Å². The van der Waals surface area contributed by atoms with Gasteiger partial charge in [0.05, 0.1) is 17.1 Å². The zero-order valence-electron chi connectivity index (χ0n) is 11.1. The van der Waals surface area contributed by atoms with Gasteiger partial charge in [0.2, 0.25) is 0 Å². The molecule has 0 radical (unpaired) electrons. The summed E-state index contributed by atoms with van der Waals surface area (Å²) in [6.07, 6.45) is 3.63. The van der Waals surface area contributed by atoms with E-state index in [-0.39, 0.29) is 17.1 Å². The Bertz CT molecular complexity index is 503. The molecule has 0 aliphatic heterocycles. The van der Waals surface area contributed by atoms with E-state index in [1.165, 1.54) is 12.1 Å². The molecule has 0 saturated heterocycles. The average Bonchev–Trinajstić information content (AvgIpc) is 2.35. The van der Waals surface area contributed by atoms with Gasteiger partial charge < -0.3 is 5.11 Å². The molecule has 0 atom stereocenters. The second kappa shape index (κ2) is 7.28. The maximum atomic E-state index is 12.0. The first kappa shape index (κ1) is 15.7. The van der Waals surface area contributed by atoms with Gasteiger partial charge >= 0.3 is 5.97 Å². The van der Waals surface area contributed by atoms with Crippen molar-refractivity contribution in [1.29, 1.82) is 0 Å². The highest BCUT2D eigenvalue weighted by Gasteiger charge is 2.13. The fourth-order valence-corrected chi connectivity index (χ4v) is 3.20. The number of carboxylic acids is 1. The highest BCUT2D eigenvalue weighted by Crippen LogP contribution is 2.15. The van der Waals surface area contributed by atoms with E-state index in [1.54, 1.807) is 12.1 Å². The molecule has 0 saturated carbocycles. The summed E-state index contributed by atoms with van der Waals surface area (Å²) in [6.45, 7) is 2.08. The van der Waals surface area contributed by atoms with Gasteiger partial charge in [-0.3, -0.25) is 4.79 Å². The van der Waals surface area contributed by atoms with Gasteiger partial charge in [-0.05, 0) is 24.1 Å². The Labute approximate surface area is 114 Å². The summed E-state index contributed by atoms with van der Waals surface area (Å²) in [6, 6.07) is 6.11. The number of benzene rings is 1. The lowest BCUT2D eigenvalue weighted by Crippen LogP contribution is -2.07. The Morgan fingerprint density at radius 3 is 2.26 bits per heavy atom. The van der Waals surface area contributed by atoms with E-state index in [0.717, 1.165) is 19.3 Å². The quantitative estimate of drug-likeness (QED) is 0.745. The van der Waals surface area contributed by atoms with Gasteiger partial charge in [0.1, 0.15) is 0 Å². The van der Waals surface area contributed by atoms with Crippen LogP contribution in [0.2, 0.25) is 0 Å². The SMILES string of the molecule is CCCCCCS(=O)(=O)c1ccc(CC(=O)O)cc1. The number of hydrogen-bond donors (Lipinski definition) is 1. The molecule has 1 aromatic rings. The summed E-state index contributed by atoms with van der Waals surface area (Å²) >= 11 is 0. The molecule has 0 amide bonds. The number of unbranched alkanes of at least 4 members (excludes halogenated alkanes) is 3. The molecular weight excluding hydrogens is 264 g/mol. The van der Waals surface area contributed by atoms with Gasteiger partial charge in [0, 0.05) is 0 Å². The summed E-state index contributed by atoms with van der Waals surface area (Å²) in [7, 11) is -3.23. The lowest BCUT2D eigenvalue weighted by Gasteiger charge is -2.05. The predicted octanol–water partition coefficient (Wildman–Crippen LogP) is 2.67. The van der Waals surface area contributed by atoms with Crippen molar-refractivity contribution in [3.63, 3.8) is 0 Å². The molecule has 0 bridgehead atoms. The van der Waals surface area contributed by atoms with Crippen LogP contribution in [0.15, 0.2) is 29.2 Å². The number of sulfone groups is 1. The molecular formula is C14H20O4S. The van der Waals surface area contributed by atoms with Crippen LogP contribution in [0.5, 0.6) is 0 Å². The topological polar surface area (TPSA) is 71.4 Å². The summed E-state index contributed by atoms with van der Waals surface area (Å²) in [5, 5.41) is 8.64. The number of hydrogen-bond acceptors (Lipinski definition) is 3. The molecule has 0 heterocycles. The molecule has 1 rings (SSSR count). The van der Waals surface area contributed by atoms with Crippen LogP contribution in [0.3, 0.4) is 0 Å². The minimum absolute atomic E-state index is 0.0865. The van der Waals surface area contributed by atoms with Crippen LogP contribution in [0.4, 0.5) is 0 Å². The van der Waals surface area contributed by atoms with E-state index in [0.29, 0.717) is 12.0 Å². The van der Waals surface area contributed by atoms with Gasteiger partial charge in [-0.25, -0.2) is 8.42 Å². The molecule has 0 fully saturated rings. The van der Waals surface area contributed by atoms with Crippen LogP contribution in [0.25, 0.3) is 0 Å². The zero-order chi connectivity index (χ0) is 14.3. The van der Waals surface area contributed by atoms with E-state index in [1.807, 2.05) is 0 Å². The van der Waals surface area contributed by atoms with Crippen molar-refractivity contribution in [2.75, 3.05) is 5.75 Å². The summed E-state index contributed by atoms with van der Waals surface area (Å²) < 4.78 is 24.0. The van der Waals surface area contributed by atoms with Crippen LogP contribution in [-0.4, -0.2) is 25.2 Å². The van der Waals surface area contributed by atoms with Gasteiger partial charge in [-0.1, -0.05) is 38.3 Å². The number of aliphatic carboxylic acids is 1. The first-order valence-corrected chi connectivity index (χ1v) is 8.14. The molecule has 1 N–H and O–H groups in total. The van der Waals surface area contributed by atoms with Gasteiger partial charge in [0.15, 0.2) is 9.84 Å². The third-order valence-electron chi connectivity index (χ3n) is 2.90. The maximum absolute atomic E-state index is 12.0. The molecule has 0 aromatic heterocycles. The Kier molecular flexibility index (Phi) is 6.02. The van der Waals surface area contributed by atoms with E-state index < -0.39 is 15.8 Å². The second-order valence-electron chi connectivity index (χ2n) is 4.59. The Morgan fingerprint density at radius 1 is 1.11 bits per heavy atom. The first-order valence-electron chi connectivity index (χ1n) is 6.49. The van der Waals surface area contributed by atoms with Crippen LogP contribution in [-0.2, 0) is 21.1 Å². The largest absolute Gasteiger partial charge is 0.481 e. The lowest BCUT2D eigenvalue weighted by atomic mass is 10.2. The highest BCUT2D eigenvalue weighted by molar-refractivity contribution is 7.91. The van der Waals surface area contributed by atoms with Crippen molar-refractivity contribution in [3.05, 3.63) is 29.8 Å². The van der Waals surface area contributed by atoms with Gasteiger partial charge in [0.25, 0.3) is 0 Å². The second-order valence-corrected chi connectivity index (χ2v) is 6.70. The molecule has 1 aromatic carbocycles. The normalized spacial score (nSPS) is 11.4. The fourth-order valence-electron chi connectivity index (χ4n) is 1.83. The van der Waals surface area contributed by atoms with Gasteiger partial charge in [-0.2, -0.15) is 0 Å². The molecule has 0 unspecified atom stereocenters. The Balaban J connectivity index is 2.65. The third-order valence-corrected chi connectivity index (χ3v) is 4.72. The summed E-state index contributed by atoms with van der Waals surface area (Å²) in [5.41, 5.74) is 0.609. The van der Waals surface area contributed by atoms with Crippen molar-refractivity contribution in [2.45, 2.75) is 43.9 Å². The van der Waals surface area contributed by atoms with Crippen molar-refractivity contribution < 1.29 is 18.3 Å². The lowest BCUT2D eigenvalue weighted by molar-refractivity contribution is -0.136. The Hall–Kier alpha value is -1.36. The first-order chi connectivity index (χ1) is 8.95. The minimum atomic E-state index is -3.23. The number of rotatable bonds is 8. The van der Waals surface area contributed by atoms with Crippen molar-refractivity contribution >= 4 is 15.8 Å². The maximum Gasteiger partial charge on any atom is 0.307 e. The van der Waals surface area contributed by atoms with Crippen LogP contribution in [0.1, 0.15) is 38.2 Å². The number of carbonyl (C=O) groups is 1. The monoisotopic (exact) mass is 284 g/mol. The predicted molar refractivity (Wildman–Crippen MR) is 74.0 cm³/mol. The molecule has 0 aliphatic carbocycles. The molecule has 5 heteroatoms.